The summed E-state index contributed by atoms with van der Waals surface area (Å²) in [7, 11) is 0. The minimum atomic E-state index is -1.26. The number of hydrogen-bond donors (Lipinski definition) is 1. The fourth-order valence-corrected chi connectivity index (χ4v) is 1.95. The van der Waals surface area contributed by atoms with Gasteiger partial charge < -0.3 is 10.0 Å². The summed E-state index contributed by atoms with van der Waals surface area (Å²) in [4.78, 5) is 27.0. The van der Waals surface area contributed by atoms with Gasteiger partial charge in [0.1, 0.15) is 17.6 Å². The van der Waals surface area contributed by atoms with Crippen LogP contribution in [-0.2, 0) is 0 Å². The van der Waals surface area contributed by atoms with Crippen molar-refractivity contribution in [1.29, 1.82) is 5.26 Å². The SMILES string of the molecule is N#CCCN(c1ncc([N+](=O)[O-])cc1C(=O)O)C1CC1. The van der Waals surface area contributed by atoms with Crippen LogP contribution in [0.3, 0.4) is 0 Å². The van der Waals surface area contributed by atoms with E-state index in [2.05, 4.69) is 4.98 Å². The van der Waals surface area contributed by atoms with Gasteiger partial charge in [0.2, 0.25) is 0 Å². The third kappa shape index (κ3) is 2.83. The molecule has 0 atom stereocenters. The van der Waals surface area contributed by atoms with Crippen LogP contribution >= 0.6 is 0 Å². The Morgan fingerprint density at radius 2 is 2.35 bits per heavy atom. The second-order valence-corrected chi connectivity index (χ2v) is 4.46. The number of nitro groups is 1. The molecule has 0 bridgehead atoms. The van der Waals surface area contributed by atoms with Gasteiger partial charge in [-0.15, -0.1) is 0 Å². The van der Waals surface area contributed by atoms with Gasteiger partial charge in [-0.25, -0.2) is 9.78 Å². The molecule has 1 aromatic heterocycles. The largest absolute Gasteiger partial charge is 0.478 e. The fraction of sp³-hybridized carbons (Fsp3) is 0.417. The first-order valence-corrected chi connectivity index (χ1v) is 6.06. The van der Waals surface area contributed by atoms with Gasteiger partial charge in [0.25, 0.3) is 5.69 Å². The highest BCUT2D eigenvalue weighted by Gasteiger charge is 2.32. The zero-order valence-corrected chi connectivity index (χ0v) is 10.5. The average molecular weight is 276 g/mol. The molecule has 0 unspecified atom stereocenters. The molecule has 20 heavy (non-hydrogen) atoms. The van der Waals surface area contributed by atoms with Crippen molar-refractivity contribution in [3.63, 3.8) is 0 Å². The summed E-state index contributed by atoms with van der Waals surface area (Å²) in [5, 5.41) is 28.5. The summed E-state index contributed by atoms with van der Waals surface area (Å²) in [6, 6.07) is 3.17. The monoisotopic (exact) mass is 276 g/mol. The maximum absolute atomic E-state index is 11.3. The molecule has 0 radical (unpaired) electrons. The van der Waals surface area contributed by atoms with E-state index in [0.29, 0.717) is 6.54 Å². The van der Waals surface area contributed by atoms with Crippen LogP contribution in [0.25, 0.3) is 0 Å². The lowest BCUT2D eigenvalue weighted by atomic mass is 10.2. The topological polar surface area (TPSA) is 120 Å². The van der Waals surface area contributed by atoms with Crippen LogP contribution in [0.5, 0.6) is 0 Å². The molecule has 1 aliphatic rings. The Hall–Kier alpha value is -2.69. The van der Waals surface area contributed by atoms with Gasteiger partial charge in [-0.05, 0) is 12.8 Å². The molecule has 104 valence electrons. The lowest BCUT2D eigenvalue weighted by Crippen LogP contribution is -2.29. The molecule has 0 aliphatic heterocycles. The van der Waals surface area contributed by atoms with Crippen molar-refractivity contribution in [2.24, 2.45) is 0 Å². The molecular weight excluding hydrogens is 264 g/mol. The highest BCUT2D eigenvalue weighted by molar-refractivity contribution is 5.94. The molecule has 1 aliphatic carbocycles. The first-order valence-electron chi connectivity index (χ1n) is 6.06. The van der Waals surface area contributed by atoms with Crippen LogP contribution in [0.2, 0.25) is 0 Å². The molecule has 1 heterocycles. The summed E-state index contributed by atoms with van der Waals surface area (Å²) in [5.74, 6) is -1.07. The van der Waals surface area contributed by atoms with E-state index < -0.39 is 10.9 Å². The number of aromatic nitrogens is 1. The van der Waals surface area contributed by atoms with Gasteiger partial charge in [-0.2, -0.15) is 5.26 Å². The van der Waals surface area contributed by atoms with Crippen molar-refractivity contribution in [3.8, 4) is 6.07 Å². The van der Waals surface area contributed by atoms with E-state index >= 15 is 0 Å². The number of anilines is 1. The molecule has 8 heteroatoms. The second-order valence-electron chi connectivity index (χ2n) is 4.46. The third-order valence-corrected chi connectivity index (χ3v) is 3.02. The standard InChI is InChI=1S/C12H12N4O4/c13-4-1-5-15(8-2-3-8)11-10(12(17)18)6-9(7-14-11)16(19)20/h6-8H,1-3,5H2,(H,17,18). The van der Waals surface area contributed by atoms with Gasteiger partial charge in [0, 0.05) is 18.7 Å². The quantitative estimate of drug-likeness (QED) is 0.618. The number of hydrogen-bond acceptors (Lipinski definition) is 6. The van der Waals surface area contributed by atoms with Crippen LogP contribution in [0.1, 0.15) is 29.6 Å². The first-order chi connectivity index (χ1) is 9.54. The minimum Gasteiger partial charge on any atom is -0.478 e. The molecule has 0 aromatic carbocycles. The number of aromatic carboxylic acids is 1. The van der Waals surface area contributed by atoms with Crippen LogP contribution in [0.4, 0.5) is 11.5 Å². The number of carboxylic acid groups (broad SMARTS) is 1. The Morgan fingerprint density at radius 1 is 1.65 bits per heavy atom. The number of nitrogens with zero attached hydrogens (tertiary/aromatic N) is 4. The van der Waals surface area contributed by atoms with E-state index in [9.17, 15) is 20.0 Å². The van der Waals surface area contributed by atoms with E-state index in [0.717, 1.165) is 25.1 Å². The summed E-state index contributed by atoms with van der Waals surface area (Å²) in [6.45, 7) is 0.367. The zero-order chi connectivity index (χ0) is 14.7. The molecule has 1 aromatic rings. The Kier molecular flexibility index (Phi) is 3.79. The van der Waals surface area contributed by atoms with Gasteiger partial charge >= 0.3 is 5.97 Å². The Morgan fingerprint density at radius 3 is 2.85 bits per heavy atom. The highest BCUT2D eigenvalue weighted by Crippen LogP contribution is 2.33. The van der Waals surface area contributed by atoms with E-state index in [4.69, 9.17) is 5.26 Å². The van der Waals surface area contributed by atoms with Crippen molar-refractivity contribution in [2.45, 2.75) is 25.3 Å². The maximum atomic E-state index is 11.3. The molecule has 2 rings (SSSR count). The molecule has 1 fully saturated rings. The summed E-state index contributed by atoms with van der Waals surface area (Å²) in [5.41, 5.74) is -0.564. The summed E-state index contributed by atoms with van der Waals surface area (Å²) in [6.07, 6.45) is 3.10. The summed E-state index contributed by atoms with van der Waals surface area (Å²) < 4.78 is 0. The van der Waals surface area contributed by atoms with Crippen LogP contribution in [0.15, 0.2) is 12.3 Å². The minimum absolute atomic E-state index is 0.162. The van der Waals surface area contributed by atoms with Crippen molar-refractivity contribution in [3.05, 3.63) is 27.9 Å². The Balaban J connectivity index is 2.40. The predicted octanol–water partition coefficient (Wildman–Crippen LogP) is 1.57. The fourth-order valence-electron chi connectivity index (χ4n) is 1.95. The molecular formula is C12H12N4O4. The molecule has 0 amide bonds. The lowest BCUT2D eigenvalue weighted by Gasteiger charge is -2.23. The molecule has 1 N–H and O–H groups in total. The smallest absolute Gasteiger partial charge is 0.339 e. The molecule has 8 nitrogen and oxygen atoms in total. The van der Waals surface area contributed by atoms with E-state index in [1.54, 1.807) is 4.90 Å². The number of carboxylic acids is 1. The zero-order valence-electron chi connectivity index (χ0n) is 10.5. The van der Waals surface area contributed by atoms with Crippen LogP contribution < -0.4 is 4.90 Å². The van der Waals surface area contributed by atoms with Crippen molar-refractivity contribution >= 4 is 17.5 Å². The second kappa shape index (κ2) is 5.52. The maximum Gasteiger partial charge on any atom is 0.339 e. The number of rotatable bonds is 6. The van der Waals surface area contributed by atoms with Crippen LogP contribution in [0, 0.1) is 21.4 Å². The Labute approximate surface area is 114 Å². The van der Waals surface area contributed by atoms with E-state index in [-0.39, 0.29) is 29.5 Å². The van der Waals surface area contributed by atoms with Crippen molar-refractivity contribution in [2.75, 3.05) is 11.4 Å². The molecule has 0 spiro atoms. The van der Waals surface area contributed by atoms with Gasteiger partial charge in [-0.1, -0.05) is 0 Å². The van der Waals surface area contributed by atoms with Crippen LogP contribution in [-0.4, -0.2) is 33.6 Å². The summed E-state index contributed by atoms with van der Waals surface area (Å²) >= 11 is 0. The number of nitriles is 1. The average Bonchev–Trinajstić information content (AvgIpc) is 3.23. The highest BCUT2D eigenvalue weighted by atomic mass is 16.6. The molecule has 1 saturated carbocycles. The predicted molar refractivity (Wildman–Crippen MR) is 68.4 cm³/mol. The van der Waals surface area contributed by atoms with Gasteiger partial charge in [0.05, 0.1) is 17.4 Å². The normalized spacial score (nSPS) is 13.6. The number of carbonyl (C=O) groups is 1. The first kappa shape index (κ1) is 13.7. The molecule has 0 saturated heterocycles. The van der Waals surface area contributed by atoms with Gasteiger partial charge in [0.15, 0.2) is 0 Å². The van der Waals surface area contributed by atoms with E-state index in [1.165, 1.54) is 0 Å². The van der Waals surface area contributed by atoms with Crippen molar-refractivity contribution < 1.29 is 14.8 Å². The Bertz CT molecular complexity index is 592. The van der Waals surface area contributed by atoms with Crippen molar-refractivity contribution in [1.82, 2.24) is 4.98 Å². The number of pyridine rings is 1. The lowest BCUT2D eigenvalue weighted by molar-refractivity contribution is -0.385. The van der Waals surface area contributed by atoms with E-state index in [1.807, 2.05) is 6.07 Å². The van der Waals surface area contributed by atoms with Gasteiger partial charge in [-0.3, -0.25) is 10.1 Å². The third-order valence-electron chi connectivity index (χ3n) is 3.02.